The van der Waals surface area contributed by atoms with Gasteiger partial charge in [-0.3, -0.25) is 19.6 Å². The molecule has 150 valence electrons. The first-order chi connectivity index (χ1) is 13.2. The summed E-state index contributed by atoms with van der Waals surface area (Å²) in [5.41, 5.74) is -0.211. The van der Waals surface area contributed by atoms with Crippen LogP contribution in [0.2, 0.25) is 0 Å². The normalized spacial score (nSPS) is 12.1. The maximum atomic E-state index is 12.9. The number of methoxy groups -OCH3 is 1. The van der Waals surface area contributed by atoms with Gasteiger partial charge in [-0.1, -0.05) is 19.1 Å². The van der Waals surface area contributed by atoms with Crippen molar-refractivity contribution in [1.29, 1.82) is 0 Å². The van der Waals surface area contributed by atoms with Crippen LogP contribution in [-0.4, -0.2) is 32.4 Å². The molecule has 0 aliphatic carbocycles. The smallest absolute Gasteiger partial charge is 0.271 e. The van der Waals surface area contributed by atoms with Crippen molar-refractivity contribution in [2.24, 2.45) is 0 Å². The second kappa shape index (κ2) is 8.70. The van der Waals surface area contributed by atoms with Gasteiger partial charge in [0.1, 0.15) is 10.6 Å². The number of rotatable bonds is 8. The minimum Gasteiger partial charge on any atom is -0.495 e. The van der Waals surface area contributed by atoms with Gasteiger partial charge in [0.25, 0.3) is 21.6 Å². The van der Waals surface area contributed by atoms with E-state index in [-0.39, 0.29) is 23.0 Å². The van der Waals surface area contributed by atoms with Crippen molar-refractivity contribution in [3.05, 3.63) is 58.1 Å². The summed E-state index contributed by atoms with van der Waals surface area (Å²) in [7, 11) is -3.00. The number of ether oxygens (including phenoxy) is 1. The summed E-state index contributed by atoms with van der Waals surface area (Å²) in [5.74, 6) is -0.488. The minimum atomic E-state index is -4.26. The molecule has 0 fully saturated rings. The highest BCUT2D eigenvalue weighted by atomic mass is 32.2. The second-order valence-electron chi connectivity index (χ2n) is 6.03. The van der Waals surface area contributed by atoms with E-state index in [1.165, 1.54) is 25.3 Å². The van der Waals surface area contributed by atoms with E-state index in [9.17, 15) is 23.3 Å². The van der Waals surface area contributed by atoms with Crippen molar-refractivity contribution in [3.63, 3.8) is 0 Å². The lowest BCUT2D eigenvalue weighted by Crippen LogP contribution is -2.32. The van der Waals surface area contributed by atoms with Crippen LogP contribution < -0.4 is 14.8 Å². The van der Waals surface area contributed by atoms with E-state index < -0.39 is 31.4 Å². The Labute approximate surface area is 162 Å². The molecule has 0 aromatic heterocycles. The molecule has 0 aliphatic heterocycles. The first-order valence-electron chi connectivity index (χ1n) is 8.44. The highest BCUT2D eigenvalue weighted by Gasteiger charge is 2.25. The molecule has 28 heavy (non-hydrogen) atoms. The molecule has 0 heterocycles. The zero-order valence-electron chi connectivity index (χ0n) is 15.6. The van der Waals surface area contributed by atoms with Crippen LogP contribution in [0, 0.1) is 10.1 Å². The third kappa shape index (κ3) is 4.77. The average molecular weight is 407 g/mol. The van der Waals surface area contributed by atoms with Gasteiger partial charge in [-0.2, -0.15) is 0 Å². The number of hydrogen-bond donors (Lipinski definition) is 2. The van der Waals surface area contributed by atoms with Crippen LogP contribution in [0.25, 0.3) is 0 Å². The third-order valence-corrected chi connectivity index (χ3v) is 5.44. The topological polar surface area (TPSA) is 128 Å². The van der Waals surface area contributed by atoms with Crippen molar-refractivity contribution in [1.82, 2.24) is 5.32 Å². The van der Waals surface area contributed by atoms with Gasteiger partial charge in [0.2, 0.25) is 0 Å². The number of sulfonamides is 1. The summed E-state index contributed by atoms with van der Waals surface area (Å²) < 4.78 is 33.1. The number of benzene rings is 2. The third-order valence-electron chi connectivity index (χ3n) is 4.05. The van der Waals surface area contributed by atoms with Crippen LogP contribution >= 0.6 is 0 Å². The van der Waals surface area contributed by atoms with Crippen LogP contribution in [0.4, 0.5) is 11.4 Å². The number of nitrogens with zero attached hydrogens (tertiary/aromatic N) is 1. The highest BCUT2D eigenvalue weighted by molar-refractivity contribution is 7.92. The van der Waals surface area contributed by atoms with Gasteiger partial charge in [0, 0.05) is 18.2 Å². The summed E-state index contributed by atoms with van der Waals surface area (Å²) >= 11 is 0. The van der Waals surface area contributed by atoms with E-state index in [0.29, 0.717) is 6.42 Å². The predicted molar refractivity (Wildman–Crippen MR) is 104 cm³/mol. The zero-order chi connectivity index (χ0) is 20.9. The molecule has 0 saturated heterocycles. The predicted octanol–water partition coefficient (Wildman–Crippen LogP) is 2.93. The summed E-state index contributed by atoms with van der Waals surface area (Å²) in [4.78, 5) is 22.4. The molecule has 0 aliphatic rings. The molecule has 0 radical (unpaired) electrons. The summed E-state index contributed by atoms with van der Waals surface area (Å²) in [6, 6.07) is 9.27. The van der Waals surface area contributed by atoms with Gasteiger partial charge >= 0.3 is 0 Å². The molecule has 0 saturated carbocycles. The Morgan fingerprint density at radius 1 is 1.25 bits per heavy atom. The van der Waals surface area contributed by atoms with Crippen molar-refractivity contribution in [2.45, 2.75) is 31.2 Å². The van der Waals surface area contributed by atoms with Gasteiger partial charge in [-0.15, -0.1) is 0 Å². The Morgan fingerprint density at radius 3 is 2.54 bits per heavy atom. The van der Waals surface area contributed by atoms with E-state index in [1.807, 2.05) is 13.8 Å². The Balaban J connectivity index is 2.45. The van der Waals surface area contributed by atoms with E-state index >= 15 is 0 Å². The van der Waals surface area contributed by atoms with Crippen LogP contribution in [0.1, 0.15) is 30.6 Å². The fourth-order valence-electron chi connectivity index (χ4n) is 2.36. The molecule has 2 aromatic rings. The van der Waals surface area contributed by atoms with Crippen LogP contribution in [-0.2, 0) is 10.0 Å². The van der Waals surface area contributed by atoms with E-state index in [1.54, 1.807) is 12.1 Å². The van der Waals surface area contributed by atoms with Gasteiger partial charge in [0.05, 0.1) is 23.3 Å². The van der Waals surface area contributed by atoms with Gasteiger partial charge in [-0.05, 0) is 31.5 Å². The lowest BCUT2D eigenvalue weighted by atomic mass is 10.1. The molecule has 9 nitrogen and oxygen atoms in total. The first kappa shape index (κ1) is 21.2. The number of carbonyl (C=O) groups is 1. The lowest BCUT2D eigenvalue weighted by molar-refractivity contribution is -0.385. The number of anilines is 1. The molecule has 2 N–H and O–H groups in total. The van der Waals surface area contributed by atoms with E-state index in [2.05, 4.69) is 10.0 Å². The summed E-state index contributed by atoms with van der Waals surface area (Å²) in [5, 5.41) is 13.8. The molecule has 1 unspecified atom stereocenters. The Morgan fingerprint density at radius 2 is 1.93 bits per heavy atom. The lowest BCUT2D eigenvalue weighted by Gasteiger charge is -2.16. The Hall–Kier alpha value is -3.14. The van der Waals surface area contributed by atoms with Crippen molar-refractivity contribution < 1.29 is 22.9 Å². The van der Waals surface area contributed by atoms with Crippen molar-refractivity contribution in [3.8, 4) is 5.75 Å². The number of nitrogens with one attached hydrogen (secondary N) is 2. The van der Waals surface area contributed by atoms with Crippen LogP contribution in [0.3, 0.4) is 0 Å². The van der Waals surface area contributed by atoms with Gasteiger partial charge < -0.3 is 10.1 Å². The standard InChI is InChI=1S/C18H21N3O6S/c1-4-12(2)19-18(22)14-7-5-6-8-15(14)20-28(25,26)17-11-13(21(23)24)9-10-16(17)27-3/h5-12,20H,4H2,1-3H3,(H,19,22). The van der Waals surface area contributed by atoms with Gasteiger partial charge in [-0.25, -0.2) is 8.42 Å². The number of non-ortho nitro benzene ring substituents is 1. The van der Waals surface area contributed by atoms with Crippen LogP contribution in [0.5, 0.6) is 5.75 Å². The monoisotopic (exact) mass is 407 g/mol. The molecule has 1 amide bonds. The highest BCUT2D eigenvalue weighted by Crippen LogP contribution is 2.30. The number of hydrogen-bond acceptors (Lipinski definition) is 6. The number of nitro benzene ring substituents is 1. The quantitative estimate of drug-likeness (QED) is 0.511. The largest absolute Gasteiger partial charge is 0.495 e. The number of carbonyl (C=O) groups excluding carboxylic acids is 1. The van der Waals surface area contributed by atoms with E-state index in [0.717, 1.165) is 12.1 Å². The molecular formula is C18H21N3O6S. The molecule has 2 aromatic carbocycles. The summed E-state index contributed by atoms with van der Waals surface area (Å²) in [6.07, 6.45) is 0.713. The van der Waals surface area contributed by atoms with Crippen LogP contribution in [0.15, 0.2) is 47.4 Å². The molecular weight excluding hydrogens is 386 g/mol. The molecule has 0 spiro atoms. The molecule has 1 atom stereocenters. The maximum Gasteiger partial charge on any atom is 0.271 e. The second-order valence-corrected chi connectivity index (χ2v) is 7.68. The van der Waals surface area contributed by atoms with E-state index in [4.69, 9.17) is 4.74 Å². The molecule has 0 bridgehead atoms. The number of para-hydroxylation sites is 1. The SMILES string of the molecule is CCC(C)NC(=O)c1ccccc1NS(=O)(=O)c1cc([N+](=O)[O-])ccc1OC. The van der Waals surface area contributed by atoms with Gasteiger partial charge in [0.15, 0.2) is 0 Å². The Bertz CT molecular complexity index is 991. The Kier molecular flexibility index (Phi) is 6.57. The molecule has 10 heteroatoms. The fraction of sp³-hybridized carbons (Fsp3) is 0.278. The zero-order valence-corrected chi connectivity index (χ0v) is 16.4. The maximum absolute atomic E-state index is 12.9. The first-order valence-corrected chi connectivity index (χ1v) is 9.93. The fourth-order valence-corrected chi connectivity index (χ4v) is 3.63. The van der Waals surface area contributed by atoms with Crippen molar-refractivity contribution >= 4 is 27.3 Å². The average Bonchev–Trinajstić information content (AvgIpc) is 2.67. The molecule has 2 rings (SSSR count). The number of amides is 1. The summed E-state index contributed by atoms with van der Waals surface area (Å²) in [6.45, 7) is 3.74. The van der Waals surface area contributed by atoms with Crippen molar-refractivity contribution in [2.75, 3.05) is 11.8 Å². The minimum absolute atomic E-state index is 0.0527. The number of nitro groups is 1.